The lowest BCUT2D eigenvalue weighted by Crippen LogP contribution is -2.13. The molecule has 1 aromatic heterocycles. The summed E-state index contributed by atoms with van der Waals surface area (Å²) in [4.78, 5) is 20.3. The normalized spacial score (nSPS) is 13.1. The molecule has 0 radical (unpaired) electrons. The highest BCUT2D eigenvalue weighted by Crippen LogP contribution is 2.30. The minimum absolute atomic E-state index is 0.0538. The second-order valence-corrected chi connectivity index (χ2v) is 6.24. The first-order chi connectivity index (χ1) is 13.2. The van der Waals surface area contributed by atoms with Crippen LogP contribution in [0.2, 0.25) is 0 Å². The Bertz CT molecular complexity index is 958. The van der Waals surface area contributed by atoms with Crippen molar-refractivity contribution in [1.82, 2.24) is 9.97 Å². The lowest BCUT2D eigenvalue weighted by atomic mass is 10.2. The van der Waals surface area contributed by atoms with E-state index in [1.807, 2.05) is 24.3 Å². The molecule has 0 bridgehead atoms. The van der Waals surface area contributed by atoms with Crippen LogP contribution < -0.4 is 15.4 Å². The number of nitrogens with one attached hydrogen (secondary N) is 2. The summed E-state index contributed by atoms with van der Waals surface area (Å²) in [6.45, 7) is 0. The number of carbonyl (C=O) groups excluding carboxylic acids is 1. The first-order valence-corrected chi connectivity index (χ1v) is 8.60. The number of ether oxygens (including phenoxy) is 1. The van der Waals surface area contributed by atoms with Gasteiger partial charge in [-0.25, -0.2) is 9.37 Å². The molecule has 3 aromatic rings. The Morgan fingerprint density at radius 2 is 1.85 bits per heavy atom. The van der Waals surface area contributed by atoms with Crippen LogP contribution in [0.15, 0.2) is 60.8 Å². The van der Waals surface area contributed by atoms with Crippen LogP contribution in [0.4, 0.5) is 21.7 Å². The van der Waals surface area contributed by atoms with Crippen molar-refractivity contribution < 1.29 is 13.9 Å². The number of anilines is 3. The lowest BCUT2D eigenvalue weighted by Gasteiger charge is -2.09. The molecule has 0 spiro atoms. The van der Waals surface area contributed by atoms with Crippen LogP contribution >= 0.6 is 0 Å². The summed E-state index contributed by atoms with van der Waals surface area (Å²) < 4.78 is 18.6. The number of halogens is 1. The molecule has 0 unspecified atom stereocenters. The molecule has 1 heterocycles. The van der Waals surface area contributed by atoms with Crippen molar-refractivity contribution in [3.05, 3.63) is 66.6 Å². The van der Waals surface area contributed by atoms with Gasteiger partial charge in [0.25, 0.3) is 0 Å². The second-order valence-electron chi connectivity index (χ2n) is 6.24. The van der Waals surface area contributed by atoms with Gasteiger partial charge in [0.1, 0.15) is 11.6 Å². The van der Waals surface area contributed by atoms with E-state index in [1.165, 1.54) is 24.3 Å². The summed E-state index contributed by atoms with van der Waals surface area (Å²) in [7, 11) is 0. The molecule has 0 atom stereocenters. The van der Waals surface area contributed by atoms with Gasteiger partial charge >= 0.3 is 0 Å². The van der Waals surface area contributed by atoms with Crippen LogP contribution in [0, 0.1) is 11.7 Å². The highest BCUT2D eigenvalue weighted by atomic mass is 19.1. The predicted octanol–water partition coefficient (Wildman–Crippen LogP) is 4.50. The maximum absolute atomic E-state index is 13.0. The van der Waals surface area contributed by atoms with Gasteiger partial charge in [0, 0.05) is 29.6 Å². The summed E-state index contributed by atoms with van der Waals surface area (Å²) in [6, 6.07) is 14.6. The smallest absolute Gasteiger partial charge is 0.230 e. The SMILES string of the molecule is O=C(Nc1cccc(Nc2nccc(Oc3ccc(F)cc3)n2)c1)C1CC1. The van der Waals surface area contributed by atoms with Gasteiger partial charge in [0.15, 0.2) is 0 Å². The molecule has 1 fully saturated rings. The maximum Gasteiger partial charge on any atom is 0.230 e. The van der Waals surface area contributed by atoms with E-state index in [-0.39, 0.29) is 17.6 Å². The molecular formula is C20H17FN4O2. The van der Waals surface area contributed by atoms with E-state index in [1.54, 1.807) is 12.3 Å². The number of benzene rings is 2. The zero-order chi connectivity index (χ0) is 18.6. The fourth-order valence-electron chi connectivity index (χ4n) is 2.48. The van der Waals surface area contributed by atoms with E-state index in [0.717, 1.165) is 24.2 Å². The second kappa shape index (κ2) is 7.41. The van der Waals surface area contributed by atoms with Gasteiger partial charge in [0.2, 0.25) is 17.7 Å². The van der Waals surface area contributed by atoms with Crippen molar-refractivity contribution in [3.63, 3.8) is 0 Å². The first kappa shape index (κ1) is 17.0. The van der Waals surface area contributed by atoms with Gasteiger partial charge in [-0.05, 0) is 55.3 Å². The van der Waals surface area contributed by atoms with Gasteiger partial charge < -0.3 is 15.4 Å². The van der Waals surface area contributed by atoms with Gasteiger partial charge in [-0.3, -0.25) is 4.79 Å². The number of carbonyl (C=O) groups is 1. The molecule has 4 rings (SSSR count). The van der Waals surface area contributed by atoms with E-state index in [9.17, 15) is 9.18 Å². The first-order valence-electron chi connectivity index (χ1n) is 8.60. The molecule has 0 saturated heterocycles. The Balaban J connectivity index is 1.44. The number of nitrogens with zero attached hydrogens (tertiary/aromatic N) is 2. The Morgan fingerprint density at radius 1 is 1.07 bits per heavy atom. The van der Waals surface area contributed by atoms with E-state index in [2.05, 4.69) is 20.6 Å². The summed E-state index contributed by atoms with van der Waals surface area (Å²) in [5, 5.41) is 5.99. The summed E-state index contributed by atoms with van der Waals surface area (Å²) >= 11 is 0. The molecule has 1 aliphatic rings. The molecule has 1 saturated carbocycles. The lowest BCUT2D eigenvalue weighted by molar-refractivity contribution is -0.117. The highest BCUT2D eigenvalue weighted by molar-refractivity contribution is 5.94. The zero-order valence-corrected chi connectivity index (χ0v) is 14.4. The molecule has 27 heavy (non-hydrogen) atoms. The monoisotopic (exact) mass is 364 g/mol. The third-order valence-electron chi connectivity index (χ3n) is 4.00. The van der Waals surface area contributed by atoms with Crippen molar-refractivity contribution in [2.24, 2.45) is 5.92 Å². The average molecular weight is 364 g/mol. The Labute approximate surface area is 155 Å². The standard InChI is InChI=1S/C20H17FN4O2/c21-14-6-8-17(9-7-14)27-18-10-11-22-20(25-18)24-16-3-1-2-15(12-16)23-19(26)13-4-5-13/h1-3,6-13H,4-5H2,(H,23,26)(H,22,24,25). The largest absolute Gasteiger partial charge is 0.439 e. The highest BCUT2D eigenvalue weighted by Gasteiger charge is 2.29. The summed E-state index contributed by atoms with van der Waals surface area (Å²) in [5.74, 6) is 1.02. The molecule has 136 valence electrons. The number of rotatable bonds is 6. The van der Waals surface area contributed by atoms with Gasteiger partial charge in [-0.1, -0.05) is 6.07 Å². The Kier molecular flexibility index (Phi) is 4.65. The van der Waals surface area contributed by atoms with Crippen molar-refractivity contribution >= 4 is 23.2 Å². The van der Waals surface area contributed by atoms with Crippen LogP contribution in [0.5, 0.6) is 11.6 Å². The minimum Gasteiger partial charge on any atom is -0.439 e. The predicted molar refractivity (Wildman–Crippen MR) is 99.6 cm³/mol. The van der Waals surface area contributed by atoms with E-state index in [4.69, 9.17) is 4.74 Å². The molecule has 2 aromatic carbocycles. The summed E-state index contributed by atoms with van der Waals surface area (Å²) in [5.41, 5.74) is 1.46. The van der Waals surface area contributed by atoms with Gasteiger partial charge in [0.05, 0.1) is 0 Å². The van der Waals surface area contributed by atoms with Crippen LogP contribution in [0.25, 0.3) is 0 Å². The number of amides is 1. The van der Waals surface area contributed by atoms with Crippen molar-refractivity contribution in [3.8, 4) is 11.6 Å². The molecule has 6 nitrogen and oxygen atoms in total. The summed E-state index contributed by atoms with van der Waals surface area (Å²) in [6.07, 6.45) is 3.48. The fraction of sp³-hybridized carbons (Fsp3) is 0.150. The quantitative estimate of drug-likeness (QED) is 0.673. The van der Waals surface area contributed by atoms with Crippen LogP contribution in [0.3, 0.4) is 0 Å². The van der Waals surface area contributed by atoms with E-state index in [0.29, 0.717) is 17.6 Å². The van der Waals surface area contributed by atoms with E-state index < -0.39 is 0 Å². The van der Waals surface area contributed by atoms with E-state index >= 15 is 0 Å². The van der Waals surface area contributed by atoms with Crippen molar-refractivity contribution in [1.29, 1.82) is 0 Å². The van der Waals surface area contributed by atoms with Crippen LogP contribution in [0.1, 0.15) is 12.8 Å². The fourth-order valence-corrected chi connectivity index (χ4v) is 2.48. The third-order valence-corrected chi connectivity index (χ3v) is 4.00. The molecule has 7 heteroatoms. The van der Waals surface area contributed by atoms with Gasteiger partial charge in [-0.15, -0.1) is 0 Å². The maximum atomic E-state index is 13.0. The Hall–Kier alpha value is -3.48. The van der Waals surface area contributed by atoms with Crippen LogP contribution in [-0.4, -0.2) is 15.9 Å². The Morgan fingerprint density at radius 3 is 2.63 bits per heavy atom. The number of hydrogen-bond acceptors (Lipinski definition) is 5. The van der Waals surface area contributed by atoms with Crippen molar-refractivity contribution in [2.75, 3.05) is 10.6 Å². The topological polar surface area (TPSA) is 76.1 Å². The van der Waals surface area contributed by atoms with Gasteiger partial charge in [-0.2, -0.15) is 4.98 Å². The van der Waals surface area contributed by atoms with Crippen LogP contribution in [-0.2, 0) is 4.79 Å². The average Bonchev–Trinajstić information content (AvgIpc) is 3.50. The molecule has 1 amide bonds. The number of hydrogen-bond donors (Lipinski definition) is 2. The molecular weight excluding hydrogens is 347 g/mol. The molecule has 0 aliphatic heterocycles. The van der Waals surface area contributed by atoms with Crippen molar-refractivity contribution in [2.45, 2.75) is 12.8 Å². The molecule has 2 N–H and O–H groups in total. The zero-order valence-electron chi connectivity index (χ0n) is 14.4. The molecule has 1 aliphatic carbocycles. The third kappa shape index (κ3) is 4.58. The minimum atomic E-state index is -0.332. The number of aromatic nitrogens is 2.